The maximum atomic E-state index is 13.8. The lowest BCUT2D eigenvalue weighted by atomic mass is 10.00. The Bertz CT molecular complexity index is 2150. The van der Waals surface area contributed by atoms with Crippen LogP contribution in [0.1, 0.15) is 78.1 Å². The molecule has 3 aromatic carbocycles. The molecule has 0 aliphatic carbocycles. The van der Waals surface area contributed by atoms with Crippen LogP contribution in [-0.4, -0.2) is 93.1 Å². The van der Waals surface area contributed by atoms with E-state index in [1.807, 2.05) is 49.6 Å². The van der Waals surface area contributed by atoms with Gasteiger partial charge in [0.05, 0.1) is 48.4 Å². The molecule has 7 rings (SSSR count). The first-order valence-corrected chi connectivity index (χ1v) is 20.1. The number of fused-ring (bicyclic) bond motifs is 2. The number of benzene rings is 3. The van der Waals surface area contributed by atoms with Gasteiger partial charge in [-0.2, -0.15) is 0 Å². The third-order valence-corrected chi connectivity index (χ3v) is 11.6. The predicted octanol–water partition coefficient (Wildman–Crippen LogP) is 7.35. The number of ether oxygens (including phenoxy) is 2. The average molecular weight is 791 g/mol. The zero-order valence-corrected chi connectivity index (χ0v) is 34.5. The first-order chi connectivity index (χ1) is 27.7. The van der Waals surface area contributed by atoms with E-state index in [1.165, 1.54) is 14.2 Å². The fraction of sp³-hybridized carbons (Fsp3) is 0.455. The molecular weight excluding hydrogens is 737 g/mol. The first kappa shape index (κ1) is 40.3. The molecule has 0 saturated carbocycles. The molecule has 4 amide bonds. The number of aromatic amines is 2. The number of likely N-dealkylation sites (tertiary alicyclic amines) is 2. The molecule has 0 radical (unpaired) electrons. The normalized spacial score (nSPS) is 20.5. The molecule has 58 heavy (non-hydrogen) atoms. The Kier molecular flexibility index (Phi) is 11.5. The van der Waals surface area contributed by atoms with Gasteiger partial charge in [-0.3, -0.25) is 9.59 Å². The van der Waals surface area contributed by atoms with Crippen molar-refractivity contribution in [2.45, 2.75) is 78.6 Å². The minimum atomic E-state index is -0.705. The maximum Gasteiger partial charge on any atom is 0.407 e. The van der Waals surface area contributed by atoms with Gasteiger partial charge in [-0.1, -0.05) is 77.9 Å². The van der Waals surface area contributed by atoms with Gasteiger partial charge in [0.2, 0.25) is 11.8 Å². The van der Waals surface area contributed by atoms with Crippen molar-refractivity contribution in [1.82, 2.24) is 40.4 Å². The van der Waals surface area contributed by atoms with E-state index in [0.717, 1.165) is 68.8 Å². The van der Waals surface area contributed by atoms with E-state index in [4.69, 9.17) is 19.4 Å². The van der Waals surface area contributed by atoms with Gasteiger partial charge >= 0.3 is 12.2 Å². The second-order valence-electron chi connectivity index (χ2n) is 16.7. The van der Waals surface area contributed by atoms with Crippen molar-refractivity contribution in [2.75, 3.05) is 27.3 Å². The molecule has 4 N–H and O–H groups in total. The zero-order chi connectivity index (χ0) is 41.4. The molecule has 2 aliphatic rings. The average Bonchev–Trinajstić information content (AvgIpc) is 4.01. The lowest BCUT2D eigenvalue weighted by molar-refractivity contribution is -0.136. The van der Waals surface area contributed by atoms with Crippen molar-refractivity contribution in [3.63, 3.8) is 0 Å². The number of alkyl carbamates (subject to hydrolysis) is 2. The smallest absolute Gasteiger partial charge is 0.407 e. The number of methoxy groups -OCH3 is 2. The van der Waals surface area contributed by atoms with Gasteiger partial charge in [0.1, 0.15) is 23.7 Å². The number of aromatic nitrogens is 4. The third-order valence-electron chi connectivity index (χ3n) is 11.6. The Morgan fingerprint density at radius 2 is 0.983 bits per heavy atom. The Labute approximate surface area is 338 Å². The quantitative estimate of drug-likeness (QED) is 0.114. The van der Waals surface area contributed by atoms with Crippen molar-refractivity contribution < 1.29 is 28.7 Å². The molecule has 2 aliphatic heterocycles. The van der Waals surface area contributed by atoms with Crippen LogP contribution in [0.3, 0.4) is 0 Å². The number of imidazole rings is 2. The number of carbonyl (C=O) groups is 4. The second kappa shape index (κ2) is 16.5. The van der Waals surface area contributed by atoms with Gasteiger partial charge in [-0.25, -0.2) is 19.6 Å². The van der Waals surface area contributed by atoms with Crippen LogP contribution in [0.2, 0.25) is 0 Å². The second-order valence-corrected chi connectivity index (χ2v) is 16.7. The Balaban J connectivity index is 1.08. The summed E-state index contributed by atoms with van der Waals surface area (Å²) >= 11 is 0. The largest absolute Gasteiger partial charge is 0.453 e. The number of hydrogen-bond acceptors (Lipinski definition) is 8. The number of H-pyrrole nitrogens is 2. The van der Waals surface area contributed by atoms with E-state index in [0.29, 0.717) is 13.1 Å². The Hall–Kier alpha value is -5.92. The molecule has 5 aromatic rings. The van der Waals surface area contributed by atoms with Crippen LogP contribution >= 0.6 is 0 Å². The summed E-state index contributed by atoms with van der Waals surface area (Å²) in [4.78, 5) is 72.2. The summed E-state index contributed by atoms with van der Waals surface area (Å²) in [6, 6.07) is 18.8. The van der Waals surface area contributed by atoms with Crippen molar-refractivity contribution in [3.05, 3.63) is 72.3 Å². The molecule has 2 aromatic heterocycles. The van der Waals surface area contributed by atoms with Crippen molar-refractivity contribution in [3.8, 4) is 22.3 Å². The molecule has 0 unspecified atom stereocenters. The number of rotatable bonds is 10. The van der Waals surface area contributed by atoms with Gasteiger partial charge in [-0.05, 0) is 83.0 Å². The fourth-order valence-corrected chi connectivity index (χ4v) is 8.44. The number of nitrogens with zero attached hydrogens (tertiary/aromatic N) is 4. The minimum Gasteiger partial charge on any atom is -0.453 e. The fourth-order valence-electron chi connectivity index (χ4n) is 8.44. The first-order valence-electron chi connectivity index (χ1n) is 20.1. The zero-order valence-electron chi connectivity index (χ0n) is 34.5. The SMILES string of the molecule is COC(=O)N[C@H](C(=O)N1C[C@@H](C)C[C@H]1c1nc2ccc(-c3ccc(-c4ccc5nc([C@@H]6C[C@H](C)CN6C(=O)[C@@H](NC(=O)OC)C(C)C)[nH]c5c4)cc3)cc2[nH]1)C(C)C. The highest BCUT2D eigenvalue weighted by Crippen LogP contribution is 2.38. The molecule has 2 saturated heterocycles. The lowest BCUT2D eigenvalue weighted by Gasteiger charge is -2.30. The van der Waals surface area contributed by atoms with E-state index in [-0.39, 0.29) is 47.6 Å². The molecule has 306 valence electrons. The lowest BCUT2D eigenvalue weighted by Crippen LogP contribution is -2.51. The van der Waals surface area contributed by atoms with Gasteiger partial charge < -0.3 is 39.9 Å². The van der Waals surface area contributed by atoms with Crippen molar-refractivity contribution in [2.24, 2.45) is 23.7 Å². The Morgan fingerprint density at radius 3 is 1.33 bits per heavy atom. The highest BCUT2D eigenvalue weighted by Gasteiger charge is 2.41. The molecule has 6 atom stereocenters. The molecular formula is C44H54N8O6. The number of carbonyl (C=O) groups excluding carboxylic acids is 4. The maximum absolute atomic E-state index is 13.8. The molecule has 14 heteroatoms. The third kappa shape index (κ3) is 8.09. The van der Waals surface area contributed by atoms with Crippen molar-refractivity contribution >= 4 is 46.1 Å². The summed E-state index contributed by atoms with van der Waals surface area (Å²) in [5.41, 5.74) is 7.57. The summed E-state index contributed by atoms with van der Waals surface area (Å²) in [6.07, 6.45) is 0.278. The Morgan fingerprint density at radius 1 is 0.621 bits per heavy atom. The van der Waals surface area contributed by atoms with E-state index < -0.39 is 24.3 Å². The van der Waals surface area contributed by atoms with Crippen LogP contribution in [0.5, 0.6) is 0 Å². The molecule has 4 heterocycles. The summed E-state index contributed by atoms with van der Waals surface area (Å²) in [6.45, 7) is 13.0. The van der Waals surface area contributed by atoms with Crippen LogP contribution in [0.25, 0.3) is 44.3 Å². The summed E-state index contributed by atoms with van der Waals surface area (Å²) in [7, 11) is 2.59. The van der Waals surface area contributed by atoms with Crippen LogP contribution in [-0.2, 0) is 19.1 Å². The van der Waals surface area contributed by atoms with E-state index >= 15 is 0 Å². The number of nitrogens with one attached hydrogen (secondary N) is 4. The monoisotopic (exact) mass is 790 g/mol. The molecule has 14 nitrogen and oxygen atoms in total. The minimum absolute atomic E-state index is 0.118. The van der Waals surface area contributed by atoms with Crippen LogP contribution < -0.4 is 10.6 Å². The summed E-state index contributed by atoms with van der Waals surface area (Å²) in [5, 5.41) is 5.44. The van der Waals surface area contributed by atoms with E-state index in [1.54, 1.807) is 0 Å². The standard InChI is InChI=1S/C44H54N8O6/c1-23(2)37(49-43(55)57-7)41(53)51-21-25(5)17-35(51)39-45-31-15-13-29(19-33(31)47-39)27-9-11-28(12-10-27)30-14-16-32-34(20-30)48-40(46-32)36-18-26(6)22-52(36)42(54)38(24(3)4)50-44(56)58-8/h9-16,19-20,23-26,35-38H,17-18,21-22H2,1-8H3,(H,45,47)(H,46,48)(H,49,55)(H,50,56)/t25-,26-,35-,36-,37-,38-/m0/s1. The topological polar surface area (TPSA) is 175 Å². The number of hydrogen-bond donors (Lipinski definition) is 4. The summed E-state index contributed by atoms with van der Waals surface area (Å²) in [5.74, 6) is 1.49. The van der Waals surface area contributed by atoms with Gasteiger partial charge in [0, 0.05) is 13.1 Å². The van der Waals surface area contributed by atoms with Crippen LogP contribution in [0, 0.1) is 23.7 Å². The van der Waals surface area contributed by atoms with E-state index in [2.05, 4.69) is 83.0 Å². The number of amides is 4. The van der Waals surface area contributed by atoms with Crippen LogP contribution in [0.15, 0.2) is 60.7 Å². The molecule has 0 spiro atoms. The van der Waals surface area contributed by atoms with Gasteiger partial charge in [0.25, 0.3) is 0 Å². The van der Waals surface area contributed by atoms with Crippen LogP contribution in [0.4, 0.5) is 9.59 Å². The predicted molar refractivity (Wildman–Crippen MR) is 221 cm³/mol. The van der Waals surface area contributed by atoms with Gasteiger partial charge in [0.15, 0.2) is 0 Å². The highest BCUT2D eigenvalue weighted by atomic mass is 16.5. The van der Waals surface area contributed by atoms with E-state index in [9.17, 15) is 19.2 Å². The van der Waals surface area contributed by atoms with Crippen molar-refractivity contribution in [1.29, 1.82) is 0 Å². The molecule has 0 bridgehead atoms. The molecule has 2 fully saturated rings. The summed E-state index contributed by atoms with van der Waals surface area (Å²) < 4.78 is 9.59. The highest BCUT2D eigenvalue weighted by molar-refractivity contribution is 5.88. The van der Waals surface area contributed by atoms with Gasteiger partial charge in [-0.15, -0.1) is 0 Å².